The second-order valence-electron chi connectivity index (χ2n) is 15.8. The molecule has 81 heavy (non-hydrogen) atoms. The van der Waals surface area contributed by atoms with Crippen LogP contribution in [-0.4, -0.2) is 123 Å². The van der Waals surface area contributed by atoms with E-state index < -0.39 is 17.9 Å². The Balaban J connectivity index is -0.000000293. The van der Waals surface area contributed by atoms with Gasteiger partial charge in [-0.25, -0.2) is 24.0 Å². The molecule has 0 saturated carbocycles. The number of carbonyl (C=O) groups excluding carboxylic acids is 8. The highest BCUT2D eigenvalue weighted by Crippen LogP contribution is 2.18. The van der Waals surface area contributed by atoms with Gasteiger partial charge < -0.3 is 70.5 Å². The molecular formula is C56H72Br2Cl2N4O17. The molecule has 0 aliphatic rings. The molecule has 0 aromatic heterocycles. The first kappa shape index (κ1) is 82.5. The number of esters is 3. The van der Waals surface area contributed by atoms with Gasteiger partial charge >= 0.3 is 29.8 Å². The number of quaternary nitrogens is 2. The summed E-state index contributed by atoms with van der Waals surface area (Å²) in [7, 11) is 6.30. The summed E-state index contributed by atoms with van der Waals surface area (Å²) in [5, 5.41) is 25.9. The minimum atomic E-state index is -0.898. The van der Waals surface area contributed by atoms with Gasteiger partial charge in [-0.2, -0.15) is 0 Å². The number of ether oxygens (including phenoxy) is 4. The molecule has 0 saturated heterocycles. The van der Waals surface area contributed by atoms with Gasteiger partial charge in [0.15, 0.2) is 0 Å². The van der Waals surface area contributed by atoms with Crippen molar-refractivity contribution in [2.45, 2.75) is 72.0 Å². The van der Waals surface area contributed by atoms with E-state index in [0.29, 0.717) is 78.6 Å². The van der Waals surface area contributed by atoms with Crippen LogP contribution in [0.4, 0.5) is 0 Å². The zero-order chi connectivity index (χ0) is 59.9. The molecule has 5 aromatic carbocycles. The predicted molar refractivity (Wildman–Crippen MR) is 301 cm³/mol. The Labute approximate surface area is 501 Å². The third-order valence-electron chi connectivity index (χ3n) is 9.61. The van der Waals surface area contributed by atoms with E-state index in [2.05, 4.69) is 62.3 Å². The summed E-state index contributed by atoms with van der Waals surface area (Å²) in [6.07, 6.45) is 1.39. The Morgan fingerprint density at radius 3 is 0.926 bits per heavy atom. The maximum absolute atomic E-state index is 11.6. The highest BCUT2D eigenvalue weighted by atomic mass is 79.9. The molecule has 9 N–H and O–H groups in total. The molecule has 21 nitrogen and oxygen atoms in total. The van der Waals surface area contributed by atoms with Gasteiger partial charge in [-0.05, 0) is 117 Å². The number of carbonyl (C=O) groups is 10. The number of imide groups is 2. The lowest BCUT2D eigenvalue weighted by molar-refractivity contribution is -0.388. The fourth-order valence-corrected chi connectivity index (χ4v) is 7.08. The van der Waals surface area contributed by atoms with E-state index >= 15 is 0 Å². The maximum atomic E-state index is 11.6. The Bertz CT molecular complexity index is 2630. The molecule has 4 amide bonds. The van der Waals surface area contributed by atoms with Crippen LogP contribution in [0.1, 0.15) is 115 Å². The normalized spacial score (nSPS) is 8.96. The minimum absolute atomic E-state index is 0. The summed E-state index contributed by atoms with van der Waals surface area (Å²) in [4.78, 5) is 109. The standard InChI is InChI=1S/C14H14N2O6.C10H10Br2O2.C10H12O2.C9H12N2O2.C9H10O2.C2H4O2.CH4O.CH4.2ClH/c1-22-14(21)13-3-11(5-15(7-17)8-18)2-12(4-13)6-16(9-19)10-20;1-14-10(13)9-3-7(5-11)2-8(4-9)6-12;1-7-4-8(2)6-9(5-7)10(11)12-3;10-4-6-1-7(5-11)3-8(2-6)9(12)13;1-6-3-7(2)5-8(4-6)9(10)11;1-4-2-3;1-2;;;/h2-4,7-10H,5-6H2,1H3;2-4H,5-6H2,1H3;4-6H,1-3H3;1-3H,4-5,10-11H2,(H,12,13);3-5H,1-2H3,(H,10,11);2H,1H3;2H,1H3;1H4;2*1H. The molecule has 0 radical (unpaired) electrons. The van der Waals surface area contributed by atoms with Crippen molar-refractivity contribution in [3.05, 3.63) is 174 Å². The van der Waals surface area contributed by atoms with Gasteiger partial charge in [0.1, 0.15) is 0 Å². The topological polar surface area (TPSA) is 330 Å². The van der Waals surface area contributed by atoms with Crippen LogP contribution >= 0.6 is 31.9 Å². The van der Waals surface area contributed by atoms with Crippen LogP contribution in [0.5, 0.6) is 0 Å². The Hall–Kier alpha value is -7.38. The molecule has 0 spiro atoms. The van der Waals surface area contributed by atoms with Crippen molar-refractivity contribution in [1.82, 2.24) is 9.80 Å². The molecule has 0 atom stereocenters. The lowest BCUT2D eigenvalue weighted by Crippen LogP contribution is -3.00. The Morgan fingerprint density at radius 1 is 0.444 bits per heavy atom. The number of aliphatic hydroxyl groups is 1. The van der Waals surface area contributed by atoms with Crippen molar-refractivity contribution in [3.63, 3.8) is 0 Å². The number of benzene rings is 5. The number of amides is 4. The third-order valence-corrected chi connectivity index (χ3v) is 10.9. The number of hydrogen-bond donors (Lipinski definition) is 5. The van der Waals surface area contributed by atoms with E-state index in [1.54, 1.807) is 30.3 Å². The van der Waals surface area contributed by atoms with E-state index in [4.69, 9.17) is 20.1 Å². The smallest absolute Gasteiger partial charge is 0.337 e. The average Bonchev–Trinajstić information content (AvgIpc) is 3.45. The SMILES string of the molecule is C.CO.COC(=O)c1cc(C)cc(C)c1.COC(=O)c1cc(CBr)cc(CBr)c1.COC(=O)c1cc(CN(C=O)C=O)cc(CN(C=O)C=O)c1.COC=O.Cc1cc(C)cc(C(=O)O)c1.[Cl-].[Cl-].[NH3+]Cc1cc(C[NH3+])cc(C(=O)O)c1. The van der Waals surface area contributed by atoms with Gasteiger partial charge in [0.2, 0.25) is 25.6 Å². The average molecular weight is 1300 g/mol. The number of alkyl halides is 2. The van der Waals surface area contributed by atoms with Gasteiger partial charge in [0.05, 0.1) is 82.4 Å². The first-order valence-electron chi connectivity index (χ1n) is 22.8. The molecule has 0 bridgehead atoms. The molecule has 0 fully saturated rings. The molecule has 5 aromatic rings. The molecule has 0 heterocycles. The second kappa shape index (κ2) is 47.4. The fraction of sp³-hybridized carbons (Fsp3) is 0.286. The van der Waals surface area contributed by atoms with Gasteiger partial charge in [0.25, 0.3) is 6.47 Å². The van der Waals surface area contributed by atoms with Crippen LogP contribution in [-0.2, 0) is 79.8 Å². The number of methoxy groups -OCH3 is 4. The van der Waals surface area contributed by atoms with Crippen LogP contribution in [0.3, 0.4) is 0 Å². The Morgan fingerprint density at radius 2 is 0.679 bits per heavy atom. The first-order chi connectivity index (χ1) is 37.1. The largest absolute Gasteiger partial charge is 1.00 e. The van der Waals surface area contributed by atoms with E-state index in [-0.39, 0.29) is 62.8 Å². The van der Waals surface area contributed by atoms with Crippen LogP contribution in [0.15, 0.2) is 91.0 Å². The van der Waals surface area contributed by atoms with E-state index in [0.717, 1.165) is 72.1 Å². The first-order valence-corrected chi connectivity index (χ1v) is 25.0. The van der Waals surface area contributed by atoms with Crippen molar-refractivity contribution in [2.24, 2.45) is 0 Å². The fourth-order valence-electron chi connectivity index (χ4n) is 6.44. The summed E-state index contributed by atoms with van der Waals surface area (Å²) >= 11 is 6.72. The van der Waals surface area contributed by atoms with Crippen LogP contribution in [0.25, 0.3) is 0 Å². The zero-order valence-electron chi connectivity index (χ0n) is 45.7. The van der Waals surface area contributed by atoms with Crippen LogP contribution in [0, 0.1) is 27.7 Å². The number of aryl methyl sites for hydroxylation is 4. The molecule has 446 valence electrons. The summed E-state index contributed by atoms with van der Waals surface area (Å²) in [6, 6.07) is 26.3. The summed E-state index contributed by atoms with van der Waals surface area (Å²) in [5.74, 6) is -2.95. The highest BCUT2D eigenvalue weighted by molar-refractivity contribution is 9.08. The van der Waals surface area contributed by atoms with Crippen molar-refractivity contribution in [1.29, 1.82) is 0 Å². The molecule has 5 rings (SSSR count). The lowest BCUT2D eigenvalue weighted by Gasteiger charge is -2.14. The molecule has 0 aliphatic carbocycles. The summed E-state index contributed by atoms with van der Waals surface area (Å²) in [5.41, 5.74) is 18.6. The molecule has 25 heteroatoms. The van der Waals surface area contributed by atoms with Gasteiger partial charge in [-0.3, -0.25) is 33.8 Å². The van der Waals surface area contributed by atoms with Crippen LogP contribution < -0.4 is 36.3 Å². The van der Waals surface area contributed by atoms with E-state index in [1.165, 1.54) is 40.6 Å². The maximum Gasteiger partial charge on any atom is 0.337 e. The number of carboxylic acids is 2. The predicted octanol–water partition coefficient (Wildman–Crippen LogP) is -0.0321. The van der Waals surface area contributed by atoms with Gasteiger partial charge in [-0.15, -0.1) is 0 Å². The highest BCUT2D eigenvalue weighted by Gasteiger charge is 2.13. The third kappa shape index (κ3) is 33.7. The van der Waals surface area contributed by atoms with Crippen LogP contribution in [0.2, 0.25) is 0 Å². The number of rotatable bonds is 18. The quantitative estimate of drug-likeness (QED) is 0.0333. The van der Waals surface area contributed by atoms with E-state index in [1.807, 2.05) is 76.2 Å². The molecule has 0 unspecified atom stereocenters. The van der Waals surface area contributed by atoms with Crippen molar-refractivity contribution in [3.8, 4) is 0 Å². The number of aliphatic hydroxyl groups excluding tert-OH is 1. The number of hydrogen-bond acceptors (Lipinski definition) is 15. The zero-order valence-corrected chi connectivity index (χ0v) is 50.4. The Kier molecular flexibility index (Phi) is 48.3. The molecule has 0 aliphatic heterocycles. The lowest BCUT2D eigenvalue weighted by atomic mass is 10.0. The number of aromatic carboxylic acids is 2. The second-order valence-corrected chi connectivity index (χ2v) is 16.9. The van der Waals surface area contributed by atoms with Crippen molar-refractivity contribution >= 4 is 93.8 Å². The van der Waals surface area contributed by atoms with Crippen molar-refractivity contribution in [2.75, 3.05) is 35.5 Å². The summed E-state index contributed by atoms with van der Waals surface area (Å²) in [6.45, 7) is 9.18. The monoisotopic (exact) mass is 1300 g/mol. The molecular weight excluding hydrogens is 1230 g/mol. The van der Waals surface area contributed by atoms with E-state index in [9.17, 15) is 43.2 Å². The summed E-state index contributed by atoms with van der Waals surface area (Å²) < 4.78 is 17.8. The van der Waals surface area contributed by atoms with Gasteiger partial charge in [0, 0.05) is 28.9 Å². The number of carboxylic acid groups (broad SMARTS) is 2. The number of halogens is 4. The van der Waals surface area contributed by atoms with Crippen molar-refractivity contribution < 1.29 is 118 Å². The minimum Gasteiger partial charge on any atom is -1.00 e. The van der Waals surface area contributed by atoms with Gasteiger partial charge in [-0.1, -0.05) is 85.8 Å². The number of nitrogens with zero attached hydrogens (tertiary/aromatic N) is 2.